The van der Waals surface area contributed by atoms with Crippen molar-refractivity contribution in [3.8, 4) is 0 Å². The second-order valence-corrected chi connectivity index (χ2v) is 6.76. The Kier molecular flexibility index (Phi) is 5.74. The molecule has 2 rings (SSSR count). The minimum atomic E-state index is -0.141. The van der Waals surface area contributed by atoms with Gasteiger partial charge in [0.25, 0.3) is 0 Å². The minimum absolute atomic E-state index is 0.141. The summed E-state index contributed by atoms with van der Waals surface area (Å²) < 4.78 is 0. The molecule has 1 fully saturated rings. The van der Waals surface area contributed by atoms with Crippen LogP contribution in [0.15, 0.2) is 29.2 Å². The van der Waals surface area contributed by atoms with Crippen molar-refractivity contribution in [2.45, 2.75) is 61.3 Å². The van der Waals surface area contributed by atoms with Gasteiger partial charge in [0, 0.05) is 16.2 Å². The molecule has 3 heteroatoms. The van der Waals surface area contributed by atoms with Crippen molar-refractivity contribution in [2.24, 2.45) is 0 Å². The first-order chi connectivity index (χ1) is 9.20. The van der Waals surface area contributed by atoms with Crippen LogP contribution < -0.4 is 5.32 Å². The van der Waals surface area contributed by atoms with Gasteiger partial charge < -0.3 is 10.4 Å². The smallest absolute Gasteiger partial charge is 0.0662 e. The standard InChI is InChI=1S/C16H25NOS/c1-12(17-2)13-7-6-8-14(11-13)19-16-10-5-3-4-9-15(16)18/h6-8,11-12,15-18H,3-5,9-10H2,1-2H3. The first kappa shape index (κ1) is 14.9. The molecular formula is C16H25NOS. The predicted octanol–water partition coefficient (Wildman–Crippen LogP) is 3.75. The maximum Gasteiger partial charge on any atom is 0.0662 e. The van der Waals surface area contributed by atoms with Gasteiger partial charge >= 0.3 is 0 Å². The Morgan fingerprint density at radius 2 is 2.05 bits per heavy atom. The molecule has 3 atom stereocenters. The van der Waals surface area contributed by atoms with Crippen LogP contribution in [-0.4, -0.2) is 23.5 Å². The van der Waals surface area contributed by atoms with Crippen LogP contribution in [0.1, 0.15) is 50.6 Å². The lowest BCUT2D eigenvalue weighted by Crippen LogP contribution is -2.21. The zero-order valence-electron chi connectivity index (χ0n) is 11.9. The highest BCUT2D eigenvalue weighted by molar-refractivity contribution is 8.00. The summed E-state index contributed by atoms with van der Waals surface area (Å²) in [6.45, 7) is 2.17. The van der Waals surface area contributed by atoms with E-state index in [0.717, 1.165) is 12.8 Å². The number of hydrogen-bond donors (Lipinski definition) is 2. The molecule has 0 amide bonds. The summed E-state index contributed by atoms with van der Waals surface area (Å²) in [5.74, 6) is 0. The largest absolute Gasteiger partial charge is 0.392 e. The third kappa shape index (κ3) is 4.23. The van der Waals surface area contributed by atoms with Gasteiger partial charge in [-0.25, -0.2) is 0 Å². The maximum atomic E-state index is 10.2. The molecule has 0 radical (unpaired) electrons. The predicted molar refractivity (Wildman–Crippen MR) is 82.7 cm³/mol. The molecule has 1 saturated carbocycles. The average Bonchev–Trinajstić information content (AvgIpc) is 2.64. The van der Waals surface area contributed by atoms with Crippen LogP contribution in [-0.2, 0) is 0 Å². The highest BCUT2D eigenvalue weighted by Gasteiger charge is 2.22. The van der Waals surface area contributed by atoms with Crippen LogP contribution >= 0.6 is 11.8 Å². The van der Waals surface area contributed by atoms with Crippen molar-refractivity contribution < 1.29 is 5.11 Å². The Bertz CT molecular complexity index is 396. The number of aliphatic hydroxyl groups excluding tert-OH is 1. The minimum Gasteiger partial charge on any atom is -0.392 e. The fourth-order valence-electron chi connectivity index (χ4n) is 2.59. The summed E-state index contributed by atoms with van der Waals surface area (Å²) >= 11 is 1.85. The molecule has 1 aromatic rings. The number of thioether (sulfide) groups is 1. The molecular weight excluding hydrogens is 254 g/mol. The van der Waals surface area contributed by atoms with Gasteiger partial charge in [-0.15, -0.1) is 11.8 Å². The van der Waals surface area contributed by atoms with Crippen LogP contribution in [0.3, 0.4) is 0 Å². The van der Waals surface area contributed by atoms with E-state index in [1.807, 2.05) is 18.8 Å². The molecule has 19 heavy (non-hydrogen) atoms. The lowest BCUT2D eigenvalue weighted by atomic mass is 10.1. The van der Waals surface area contributed by atoms with Crippen molar-refractivity contribution in [1.29, 1.82) is 0 Å². The Morgan fingerprint density at radius 3 is 2.84 bits per heavy atom. The van der Waals surface area contributed by atoms with Gasteiger partial charge in [0.2, 0.25) is 0 Å². The maximum absolute atomic E-state index is 10.2. The van der Waals surface area contributed by atoms with Crippen LogP contribution in [0, 0.1) is 0 Å². The Morgan fingerprint density at radius 1 is 1.26 bits per heavy atom. The van der Waals surface area contributed by atoms with E-state index >= 15 is 0 Å². The van der Waals surface area contributed by atoms with E-state index in [9.17, 15) is 5.11 Å². The number of benzene rings is 1. The first-order valence-electron chi connectivity index (χ1n) is 7.32. The third-order valence-corrected chi connectivity index (χ3v) is 5.37. The Balaban J connectivity index is 2.05. The molecule has 3 unspecified atom stereocenters. The molecule has 0 aromatic heterocycles. The van der Waals surface area contributed by atoms with E-state index in [2.05, 4.69) is 36.5 Å². The molecule has 0 bridgehead atoms. The zero-order valence-corrected chi connectivity index (χ0v) is 12.7. The molecule has 1 aliphatic rings. The molecule has 1 aromatic carbocycles. The SMILES string of the molecule is CNC(C)c1cccc(SC2CCCCCC2O)c1. The number of nitrogens with one attached hydrogen (secondary N) is 1. The lowest BCUT2D eigenvalue weighted by Gasteiger charge is -2.20. The molecule has 106 valence electrons. The third-order valence-electron chi connectivity index (χ3n) is 4.00. The van der Waals surface area contributed by atoms with Gasteiger partial charge in [-0.05, 0) is 44.5 Å². The average molecular weight is 279 g/mol. The summed E-state index contributed by atoms with van der Waals surface area (Å²) in [4.78, 5) is 1.28. The molecule has 1 aliphatic carbocycles. The fraction of sp³-hybridized carbons (Fsp3) is 0.625. The van der Waals surface area contributed by atoms with Gasteiger partial charge in [0.05, 0.1) is 6.10 Å². The zero-order chi connectivity index (χ0) is 13.7. The van der Waals surface area contributed by atoms with E-state index in [0.29, 0.717) is 11.3 Å². The fourth-order valence-corrected chi connectivity index (χ4v) is 3.88. The topological polar surface area (TPSA) is 32.3 Å². The van der Waals surface area contributed by atoms with E-state index in [4.69, 9.17) is 0 Å². The quantitative estimate of drug-likeness (QED) is 0.823. The monoisotopic (exact) mass is 279 g/mol. The van der Waals surface area contributed by atoms with Crippen LogP contribution in [0.4, 0.5) is 0 Å². The summed E-state index contributed by atoms with van der Waals surface area (Å²) in [7, 11) is 1.99. The Hall–Kier alpha value is -0.510. The molecule has 2 nitrogen and oxygen atoms in total. The van der Waals surface area contributed by atoms with Gasteiger partial charge in [-0.1, -0.05) is 31.4 Å². The van der Waals surface area contributed by atoms with Crippen LogP contribution in [0.2, 0.25) is 0 Å². The van der Waals surface area contributed by atoms with E-state index in [1.54, 1.807) is 0 Å². The van der Waals surface area contributed by atoms with Gasteiger partial charge in [0.15, 0.2) is 0 Å². The lowest BCUT2D eigenvalue weighted by molar-refractivity contribution is 0.163. The molecule has 0 heterocycles. The van der Waals surface area contributed by atoms with E-state index in [1.165, 1.54) is 29.7 Å². The summed E-state index contributed by atoms with van der Waals surface area (Å²) in [6, 6.07) is 9.07. The molecule has 0 spiro atoms. The summed E-state index contributed by atoms with van der Waals surface area (Å²) in [5, 5.41) is 13.8. The Labute approximate surface area is 121 Å². The second kappa shape index (κ2) is 7.32. The highest BCUT2D eigenvalue weighted by Crippen LogP contribution is 2.34. The van der Waals surface area contributed by atoms with Gasteiger partial charge in [0.1, 0.15) is 0 Å². The normalized spacial score (nSPS) is 25.8. The molecule has 0 saturated heterocycles. The number of rotatable bonds is 4. The summed E-state index contributed by atoms with van der Waals surface area (Å²) in [6.07, 6.45) is 5.65. The number of hydrogen-bond acceptors (Lipinski definition) is 3. The van der Waals surface area contributed by atoms with Crippen LogP contribution in [0.25, 0.3) is 0 Å². The van der Waals surface area contributed by atoms with Gasteiger partial charge in [-0.2, -0.15) is 0 Å². The van der Waals surface area contributed by atoms with Crippen molar-refractivity contribution in [3.63, 3.8) is 0 Å². The van der Waals surface area contributed by atoms with Crippen LogP contribution in [0.5, 0.6) is 0 Å². The highest BCUT2D eigenvalue weighted by atomic mass is 32.2. The number of aliphatic hydroxyl groups is 1. The van der Waals surface area contributed by atoms with Crippen molar-refractivity contribution in [2.75, 3.05) is 7.05 Å². The van der Waals surface area contributed by atoms with E-state index in [-0.39, 0.29) is 6.10 Å². The van der Waals surface area contributed by atoms with Crippen molar-refractivity contribution in [1.82, 2.24) is 5.32 Å². The van der Waals surface area contributed by atoms with Crippen molar-refractivity contribution >= 4 is 11.8 Å². The van der Waals surface area contributed by atoms with Gasteiger partial charge in [-0.3, -0.25) is 0 Å². The van der Waals surface area contributed by atoms with E-state index < -0.39 is 0 Å². The molecule has 0 aliphatic heterocycles. The van der Waals surface area contributed by atoms with Crippen molar-refractivity contribution in [3.05, 3.63) is 29.8 Å². The summed E-state index contributed by atoms with van der Waals surface area (Å²) in [5.41, 5.74) is 1.32. The second-order valence-electron chi connectivity index (χ2n) is 5.44. The first-order valence-corrected chi connectivity index (χ1v) is 8.20. The molecule has 2 N–H and O–H groups in total.